The van der Waals surface area contributed by atoms with E-state index in [-0.39, 0.29) is 12.6 Å². The van der Waals surface area contributed by atoms with Crippen molar-refractivity contribution < 1.29 is 51.4 Å². The van der Waals surface area contributed by atoms with Crippen LogP contribution in [0.3, 0.4) is 0 Å². The molecular weight excluding hydrogens is 804 g/mol. The minimum Gasteiger partial charge on any atom is -0.376 e. The third kappa shape index (κ3) is 41.6. The number of rotatable bonds is 12. The largest absolute Gasteiger partial charge is 0.376 e. The van der Waals surface area contributed by atoms with Gasteiger partial charge in [-0.05, 0) is 134 Å². The number of nitrogens with zero attached hydrogens (tertiary/aromatic N) is 1. The van der Waals surface area contributed by atoms with E-state index in [9.17, 15) is 13.9 Å². The number of carbonyl (C=O) groups is 1. The molecule has 5 fully saturated rings. The minimum atomic E-state index is -2.17. The normalized spacial score (nSPS) is 21.1. The van der Waals surface area contributed by atoms with Crippen molar-refractivity contribution in [1.29, 1.82) is 0 Å². The van der Waals surface area contributed by atoms with Crippen molar-refractivity contribution in [2.24, 2.45) is 0 Å². The average molecular weight is 902 g/mol. The summed E-state index contributed by atoms with van der Waals surface area (Å²) in [5.74, 6) is 0.324. The van der Waals surface area contributed by atoms with Crippen LogP contribution in [0.15, 0.2) is 0 Å². The second kappa shape index (κ2) is 36.9. The summed E-state index contributed by atoms with van der Waals surface area (Å²) in [4.78, 5) is 12.9. The Morgan fingerprint density at radius 2 is 0.950 bits per heavy atom. The lowest BCUT2D eigenvalue weighted by atomic mass is 9.98. The zero-order valence-electron chi connectivity index (χ0n) is 41.7. The number of carbonyl (C=O) groups excluding carboxylic acids is 1. The fourth-order valence-corrected chi connectivity index (χ4v) is 7.22. The van der Waals surface area contributed by atoms with E-state index in [0.29, 0.717) is 55.2 Å². The van der Waals surface area contributed by atoms with Crippen LogP contribution >= 0.6 is 14.7 Å². The van der Waals surface area contributed by atoms with Crippen molar-refractivity contribution >= 4 is 20.6 Å². The minimum absolute atomic E-state index is 0.0775. The second-order valence-electron chi connectivity index (χ2n) is 18.0. The van der Waals surface area contributed by atoms with Gasteiger partial charge in [-0.1, -0.05) is 32.1 Å². The Balaban J connectivity index is 0. The third-order valence-corrected chi connectivity index (χ3v) is 11.0. The predicted molar refractivity (Wildman–Crippen MR) is 250 cm³/mol. The summed E-state index contributed by atoms with van der Waals surface area (Å²) in [6, 6.07) is 0.403. The molecule has 0 radical (unpaired) electrons. The molecule has 0 aromatic heterocycles. The van der Waals surface area contributed by atoms with Gasteiger partial charge in [0, 0.05) is 72.4 Å². The number of ether oxygens (including phenoxy) is 6. The zero-order chi connectivity index (χ0) is 46.1. The molecular formula is C46H97NO11P2. The highest BCUT2D eigenvalue weighted by molar-refractivity contribution is 7.57. The lowest BCUT2D eigenvalue weighted by molar-refractivity contribution is -0.180. The van der Waals surface area contributed by atoms with Gasteiger partial charge in [-0.3, -0.25) is 13.9 Å². The number of amides is 1. The quantitative estimate of drug-likeness (QED) is 0.174. The van der Waals surface area contributed by atoms with E-state index in [2.05, 4.69) is 46.1 Å². The maximum absolute atomic E-state index is 10.9. The van der Waals surface area contributed by atoms with Gasteiger partial charge in [0.05, 0.1) is 43.2 Å². The van der Waals surface area contributed by atoms with Gasteiger partial charge in [-0.2, -0.15) is 0 Å². The molecule has 5 rings (SSSR count). The summed E-state index contributed by atoms with van der Waals surface area (Å²) in [5.41, 5.74) is 0. The molecule has 60 heavy (non-hydrogen) atoms. The van der Waals surface area contributed by atoms with Crippen LogP contribution in [0, 0.1) is 0 Å². The molecule has 0 bridgehead atoms. The van der Waals surface area contributed by atoms with Gasteiger partial charge >= 0.3 is 0 Å². The SMILES string of the molecule is CC(C)N1CCCC1=O.CC(C)OC1CCCC1.CC(C)OC1CCCCC1.CC(C)OC1CCCCO1.CC(C)OC1CCCO1.CCOP(C)(C)=O.COP(C)(C)=O. The number of hydrogen-bond acceptors (Lipinski definition) is 11. The van der Waals surface area contributed by atoms with Crippen LogP contribution < -0.4 is 0 Å². The highest BCUT2D eigenvalue weighted by Crippen LogP contribution is 2.36. The van der Waals surface area contributed by atoms with E-state index in [1.54, 1.807) is 26.7 Å². The predicted octanol–water partition coefficient (Wildman–Crippen LogP) is 12.3. The first-order valence-corrected chi connectivity index (χ1v) is 28.5. The van der Waals surface area contributed by atoms with Crippen LogP contribution in [0.25, 0.3) is 0 Å². The van der Waals surface area contributed by atoms with Gasteiger partial charge in [-0.15, -0.1) is 0 Å². The number of likely N-dealkylation sites (tertiary alicyclic amines) is 1. The molecule has 5 aliphatic rings. The molecule has 2 saturated carbocycles. The summed E-state index contributed by atoms with van der Waals surface area (Å²) >= 11 is 0. The van der Waals surface area contributed by atoms with E-state index >= 15 is 0 Å². The third-order valence-electron chi connectivity index (χ3n) is 9.27. The van der Waals surface area contributed by atoms with Crippen molar-refractivity contribution in [1.82, 2.24) is 4.90 Å². The Bertz CT molecular complexity index is 1030. The highest BCUT2D eigenvalue weighted by Gasteiger charge is 2.22. The van der Waals surface area contributed by atoms with Gasteiger partial charge in [0.2, 0.25) is 5.91 Å². The average Bonchev–Trinajstić information content (AvgIpc) is 3.94. The molecule has 2 atom stereocenters. The standard InChI is InChI=1S/C9H18O.C8H16O2.C8H16O.C7H13NO.C7H14O2.C4H11O2P.C3H9O2P/c1-8(2)10-9-6-4-3-5-7-9;1-7(2)10-8-5-3-4-6-9-8;1-7(2)9-8-5-3-4-6-8;1-6(2)8-5-3-4-7(8)9;1-6(2)9-7-4-3-5-8-7;1-4-6-7(2,3)5;1-5-6(2,3)4/h8-9H,3-7H2,1-2H3;7-8H,3-6H2,1-2H3;7-8H,3-6H2,1-2H3;6H,3-5H2,1-2H3;6-7H,3-5H2,1-2H3;4H2,1-3H3;1-3H3. The molecule has 3 heterocycles. The zero-order valence-corrected chi connectivity index (χ0v) is 43.5. The maximum atomic E-state index is 10.9. The molecule has 3 saturated heterocycles. The van der Waals surface area contributed by atoms with Gasteiger partial charge < -0.3 is 42.4 Å². The van der Waals surface area contributed by atoms with Crippen molar-refractivity contribution in [3.05, 3.63) is 0 Å². The van der Waals surface area contributed by atoms with E-state index in [0.717, 1.165) is 51.9 Å². The molecule has 3 aliphatic heterocycles. The van der Waals surface area contributed by atoms with Gasteiger partial charge in [-0.25, -0.2) is 0 Å². The Hall–Kier alpha value is -0.390. The second-order valence-corrected chi connectivity index (χ2v) is 23.7. The molecule has 1 amide bonds. The molecule has 2 unspecified atom stereocenters. The van der Waals surface area contributed by atoms with Crippen LogP contribution in [-0.4, -0.2) is 126 Å². The summed E-state index contributed by atoms with van der Waals surface area (Å²) in [6.45, 7) is 32.2. The van der Waals surface area contributed by atoms with Crippen molar-refractivity contribution in [2.45, 2.75) is 234 Å². The van der Waals surface area contributed by atoms with Gasteiger partial charge in [0.25, 0.3) is 0 Å². The Labute approximate surface area is 370 Å². The first-order valence-electron chi connectivity index (χ1n) is 23.4. The first kappa shape index (κ1) is 61.7. The van der Waals surface area contributed by atoms with Gasteiger partial charge in [0.1, 0.15) is 0 Å². The summed E-state index contributed by atoms with van der Waals surface area (Å²) in [5, 5.41) is 0. The van der Waals surface area contributed by atoms with Crippen molar-refractivity contribution in [3.63, 3.8) is 0 Å². The van der Waals surface area contributed by atoms with Gasteiger partial charge in [0.15, 0.2) is 27.3 Å². The van der Waals surface area contributed by atoms with E-state index in [4.69, 9.17) is 32.9 Å². The fraction of sp³-hybridized carbons (Fsp3) is 0.978. The van der Waals surface area contributed by atoms with Crippen LogP contribution in [0.5, 0.6) is 0 Å². The van der Waals surface area contributed by atoms with E-state index in [1.807, 2.05) is 39.5 Å². The van der Waals surface area contributed by atoms with E-state index in [1.165, 1.54) is 77.7 Å². The molecule has 0 aromatic carbocycles. The smallest absolute Gasteiger partial charge is 0.222 e. The first-order chi connectivity index (χ1) is 28.0. The molecule has 0 N–H and O–H groups in total. The monoisotopic (exact) mass is 902 g/mol. The molecule has 362 valence electrons. The molecule has 2 aliphatic carbocycles. The Morgan fingerprint density at radius 1 is 0.567 bits per heavy atom. The Morgan fingerprint density at radius 3 is 1.18 bits per heavy atom. The molecule has 0 spiro atoms. The van der Waals surface area contributed by atoms with Crippen molar-refractivity contribution in [3.8, 4) is 0 Å². The van der Waals surface area contributed by atoms with Crippen LogP contribution in [-0.2, 0) is 51.4 Å². The lowest BCUT2D eigenvalue weighted by Crippen LogP contribution is -2.31. The summed E-state index contributed by atoms with van der Waals surface area (Å²) in [6.07, 6.45) is 22.4. The van der Waals surface area contributed by atoms with Crippen LogP contribution in [0.2, 0.25) is 0 Å². The lowest BCUT2D eigenvalue weighted by Gasteiger charge is -2.24. The Kier molecular flexibility index (Phi) is 37.9. The molecule has 12 nitrogen and oxygen atoms in total. The van der Waals surface area contributed by atoms with Crippen LogP contribution in [0.1, 0.15) is 179 Å². The van der Waals surface area contributed by atoms with E-state index < -0.39 is 14.7 Å². The maximum Gasteiger partial charge on any atom is 0.222 e. The van der Waals surface area contributed by atoms with Crippen molar-refractivity contribution in [2.75, 3.05) is 60.1 Å². The summed E-state index contributed by atoms with van der Waals surface area (Å²) < 4.78 is 63.0. The fourth-order valence-electron chi connectivity index (χ4n) is 6.60. The molecule has 14 heteroatoms. The topological polar surface area (TPSA) is 128 Å². The summed E-state index contributed by atoms with van der Waals surface area (Å²) in [7, 11) is -2.87. The number of hydrogen-bond donors (Lipinski definition) is 0. The molecule has 0 aromatic rings. The highest BCUT2D eigenvalue weighted by atomic mass is 31.2. The van der Waals surface area contributed by atoms with Crippen LogP contribution in [0.4, 0.5) is 0 Å².